The SMILES string of the molecule is O=C(Cn1c(C(F)(F)F)nc2ccccc21)OCc1nnsc1Cl. The number of aromatic nitrogens is 4. The van der Waals surface area contributed by atoms with Crippen molar-refractivity contribution in [1.29, 1.82) is 0 Å². The summed E-state index contributed by atoms with van der Waals surface area (Å²) in [5.41, 5.74) is 0.584. The molecule has 24 heavy (non-hydrogen) atoms. The highest BCUT2D eigenvalue weighted by Crippen LogP contribution is 2.31. The number of fused-ring (bicyclic) bond motifs is 1. The Morgan fingerprint density at radius 1 is 1.33 bits per heavy atom. The summed E-state index contributed by atoms with van der Waals surface area (Å²) >= 11 is 6.69. The molecule has 0 aliphatic rings. The highest BCUT2D eigenvalue weighted by atomic mass is 35.5. The Morgan fingerprint density at radius 3 is 2.75 bits per heavy atom. The van der Waals surface area contributed by atoms with Crippen LogP contribution < -0.4 is 0 Å². The van der Waals surface area contributed by atoms with Gasteiger partial charge in [-0.05, 0) is 12.1 Å². The molecule has 0 N–H and O–H groups in total. The first-order chi connectivity index (χ1) is 11.4. The second-order valence-corrected chi connectivity index (χ2v) is 6.02. The Labute approximate surface area is 142 Å². The maximum atomic E-state index is 13.1. The molecule has 0 spiro atoms. The van der Waals surface area contributed by atoms with Crippen LogP contribution in [-0.2, 0) is 28.9 Å². The quantitative estimate of drug-likeness (QED) is 0.653. The fraction of sp³-hybridized carbons (Fsp3) is 0.231. The molecule has 0 saturated carbocycles. The van der Waals surface area contributed by atoms with Gasteiger partial charge >= 0.3 is 12.1 Å². The van der Waals surface area contributed by atoms with Crippen molar-refractivity contribution in [3.05, 3.63) is 40.1 Å². The molecule has 3 rings (SSSR count). The van der Waals surface area contributed by atoms with E-state index in [9.17, 15) is 18.0 Å². The second-order valence-electron chi connectivity index (χ2n) is 4.66. The molecule has 0 radical (unpaired) electrons. The Balaban J connectivity index is 1.83. The van der Waals surface area contributed by atoms with Gasteiger partial charge in [-0.2, -0.15) is 13.2 Å². The fourth-order valence-corrected chi connectivity index (χ4v) is 2.66. The lowest BCUT2D eigenvalue weighted by molar-refractivity contribution is -0.151. The number of ether oxygens (including phenoxy) is 1. The first-order valence-corrected chi connectivity index (χ1v) is 7.66. The van der Waals surface area contributed by atoms with Crippen molar-refractivity contribution in [2.75, 3.05) is 0 Å². The van der Waals surface area contributed by atoms with Crippen molar-refractivity contribution in [2.45, 2.75) is 19.3 Å². The van der Waals surface area contributed by atoms with Gasteiger partial charge in [-0.1, -0.05) is 28.2 Å². The molecule has 2 heterocycles. The third-order valence-electron chi connectivity index (χ3n) is 3.07. The minimum atomic E-state index is -4.69. The summed E-state index contributed by atoms with van der Waals surface area (Å²) in [5, 5.41) is 3.65. The molecule has 0 amide bonds. The van der Waals surface area contributed by atoms with Crippen LogP contribution in [0.2, 0.25) is 4.34 Å². The number of esters is 1. The number of imidazole rings is 1. The lowest BCUT2D eigenvalue weighted by Crippen LogP contribution is -2.20. The summed E-state index contributed by atoms with van der Waals surface area (Å²) in [4.78, 5) is 15.5. The minimum absolute atomic E-state index is 0.143. The number of rotatable bonds is 4. The minimum Gasteiger partial charge on any atom is -0.458 e. The number of alkyl halides is 3. The van der Waals surface area contributed by atoms with Gasteiger partial charge in [0.05, 0.1) is 11.0 Å². The summed E-state index contributed by atoms with van der Waals surface area (Å²) in [6.45, 7) is -0.896. The van der Waals surface area contributed by atoms with Crippen LogP contribution in [0.1, 0.15) is 11.5 Å². The third-order valence-corrected chi connectivity index (χ3v) is 4.06. The maximum absolute atomic E-state index is 13.1. The number of carbonyl (C=O) groups excluding carboxylic acids is 1. The van der Waals surface area contributed by atoms with Gasteiger partial charge in [0.1, 0.15) is 23.2 Å². The highest BCUT2D eigenvalue weighted by molar-refractivity contribution is 7.10. The predicted octanol–water partition coefficient (Wildman–Crippen LogP) is 3.30. The Morgan fingerprint density at radius 2 is 2.08 bits per heavy atom. The molecular formula is C13H8ClF3N4O2S. The van der Waals surface area contributed by atoms with Gasteiger partial charge in [-0.25, -0.2) is 4.98 Å². The summed E-state index contributed by atoms with van der Waals surface area (Å²) in [7, 11) is 0. The first kappa shape index (κ1) is 16.7. The van der Waals surface area contributed by atoms with Crippen LogP contribution in [0.3, 0.4) is 0 Å². The number of benzene rings is 1. The number of nitrogens with zero attached hydrogens (tertiary/aromatic N) is 4. The van der Waals surface area contributed by atoms with Gasteiger partial charge in [0.2, 0.25) is 5.82 Å². The number of hydrogen-bond donors (Lipinski definition) is 0. The van der Waals surface area contributed by atoms with Gasteiger partial charge in [-0.3, -0.25) is 4.79 Å². The average Bonchev–Trinajstić information content (AvgIpc) is 3.09. The zero-order chi connectivity index (χ0) is 17.3. The van der Waals surface area contributed by atoms with Crippen molar-refractivity contribution in [3.8, 4) is 0 Å². The summed E-state index contributed by atoms with van der Waals surface area (Å²) in [6, 6.07) is 6.02. The molecule has 0 atom stereocenters. The molecule has 126 valence electrons. The molecule has 0 aliphatic heterocycles. The molecule has 2 aromatic heterocycles. The third kappa shape index (κ3) is 3.34. The van der Waals surface area contributed by atoms with E-state index >= 15 is 0 Å². The van der Waals surface area contributed by atoms with Crippen molar-refractivity contribution in [2.24, 2.45) is 0 Å². The van der Waals surface area contributed by atoms with E-state index in [4.69, 9.17) is 16.3 Å². The van der Waals surface area contributed by atoms with Gasteiger partial charge < -0.3 is 9.30 Å². The number of carbonyl (C=O) groups is 1. The van der Waals surface area contributed by atoms with Crippen molar-refractivity contribution < 1.29 is 22.7 Å². The standard InChI is InChI=1S/C13H8ClF3N4O2S/c14-11-8(19-20-24-11)6-23-10(22)5-21-9-4-2-1-3-7(9)18-12(21)13(15,16)17/h1-4H,5-6H2. The monoisotopic (exact) mass is 376 g/mol. The van der Waals surface area contributed by atoms with Crippen molar-refractivity contribution in [3.63, 3.8) is 0 Å². The van der Waals surface area contributed by atoms with Gasteiger partial charge in [0, 0.05) is 11.5 Å². The second kappa shape index (κ2) is 6.36. The molecule has 0 fully saturated rings. The molecule has 11 heteroatoms. The normalized spacial score (nSPS) is 11.8. The summed E-state index contributed by atoms with van der Waals surface area (Å²) in [5.74, 6) is -2.03. The Hall–Kier alpha value is -2.20. The van der Waals surface area contributed by atoms with E-state index in [1.54, 1.807) is 12.1 Å². The molecular weight excluding hydrogens is 369 g/mol. The van der Waals surface area contributed by atoms with E-state index in [0.717, 1.165) is 16.1 Å². The van der Waals surface area contributed by atoms with Crippen LogP contribution in [0.5, 0.6) is 0 Å². The largest absolute Gasteiger partial charge is 0.458 e. The van der Waals surface area contributed by atoms with E-state index in [1.165, 1.54) is 12.1 Å². The van der Waals surface area contributed by atoms with Crippen LogP contribution in [0.15, 0.2) is 24.3 Å². The number of hydrogen-bond acceptors (Lipinski definition) is 6. The van der Waals surface area contributed by atoms with Crippen LogP contribution in [0.25, 0.3) is 11.0 Å². The molecule has 6 nitrogen and oxygen atoms in total. The van der Waals surface area contributed by atoms with E-state index in [0.29, 0.717) is 0 Å². The van der Waals surface area contributed by atoms with Crippen LogP contribution in [-0.4, -0.2) is 25.1 Å². The lowest BCUT2D eigenvalue weighted by Gasteiger charge is -2.10. The van der Waals surface area contributed by atoms with E-state index < -0.39 is 24.5 Å². The smallest absolute Gasteiger partial charge is 0.449 e. The zero-order valence-corrected chi connectivity index (χ0v) is 13.3. The van der Waals surface area contributed by atoms with E-state index in [-0.39, 0.29) is 27.7 Å². The topological polar surface area (TPSA) is 69.9 Å². The summed E-state index contributed by atoms with van der Waals surface area (Å²) in [6.07, 6.45) is -4.69. The Bertz CT molecular complexity index is 893. The van der Waals surface area contributed by atoms with Crippen molar-refractivity contribution in [1.82, 2.24) is 19.1 Å². The summed E-state index contributed by atoms with van der Waals surface area (Å²) < 4.78 is 48.9. The number of para-hydroxylation sites is 2. The first-order valence-electron chi connectivity index (χ1n) is 6.51. The highest BCUT2D eigenvalue weighted by Gasteiger charge is 2.38. The molecule has 0 aliphatic carbocycles. The van der Waals surface area contributed by atoms with Gasteiger partial charge in [-0.15, -0.1) is 5.10 Å². The molecule has 0 bridgehead atoms. The van der Waals surface area contributed by atoms with E-state index in [2.05, 4.69) is 14.6 Å². The molecule has 0 saturated heterocycles. The Kier molecular flexibility index (Phi) is 4.41. The fourth-order valence-electron chi connectivity index (χ4n) is 2.06. The molecule has 3 aromatic rings. The lowest BCUT2D eigenvalue weighted by atomic mass is 10.3. The number of halogens is 4. The van der Waals surface area contributed by atoms with Crippen LogP contribution in [0, 0.1) is 0 Å². The van der Waals surface area contributed by atoms with Crippen LogP contribution in [0.4, 0.5) is 13.2 Å². The predicted molar refractivity (Wildman–Crippen MR) is 79.5 cm³/mol. The molecule has 1 aromatic carbocycles. The van der Waals surface area contributed by atoms with Crippen LogP contribution >= 0.6 is 23.1 Å². The van der Waals surface area contributed by atoms with E-state index in [1.807, 2.05) is 0 Å². The molecule has 0 unspecified atom stereocenters. The maximum Gasteiger partial charge on any atom is 0.449 e. The van der Waals surface area contributed by atoms with Gasteiger partial charge in [0.25, 0.3) is 0 Å². The zero-order valence-electron chi connectivity index (χ0n) is 11.7. The average molecular weight is 377 g/mol. The van der Waals surface area contributed by atoms with Gasteiger partial charge in [0.15, 0.2) is 0 Å². The van der Waals surface area contributed by atoms with Crippen molar-refractivity contribution >= 4 is 40.1 Å².